The van der Waals surface area contributed by atoms with E-state index in [0.717, 1.165) is 45.3 Å². The lowest BCUT2D eigenvalue weighted by atomic mass is 9.87. The number of hydrazine groups is 1. The summed E-state index contributed by atoms with van der Waals surface area (Å²) in [6.07, 6.45) is 11.4. The van der Waals surface area contributed by atoms with E-state index >= 15 is 0 Å². The van der Waals surface area contributed by atoms with Crippen LogP contribution in [0.5, 0.6) is 0 Å². The average molecular weight is 354 g/mol. The van der Waals surface area contributed by atoms with Crippen LogP contribution in [0.1, 0.15) is 38.5 Å². The maximum Gasteiger partial charge on any atom is 0.246 e. The van der Waals surface area contributed by atoms with Crippen molar-refractivity contribution in [3.8, 4) is 0 Å². The number of hydrogen-bond acceptors (Lipinski definition) is 5. The average Bonchev–Trinajstić information content (AvgIpc) is 3.31. The first-order chi connectivity index (χ1) is 11.8. The Balaban J connectivity index is 1.55. The fourth-order valence-electron chi connectivity index (χ4n) is 3.93. The Hall–Kier alpha value is -0.560. The summed E-state index contributed by atoms with van der Waals surface area (Å²) >= 11 is 2.02. The van der Waals surface area contributed by atoms with Gasteiger partial charge >= 0.3 is 0 Å². The summed E-state index contributed by atoms with van der Waals surface area (Å²) in [7, 11) is 1.80. The number of carbonyl (C=O) groups excluding carboxylic acids is 1. The van der Waals surface area contributed by atoms with E-state index in [1.165, 1.54) is 18.6 Å². The van der Waals surface area contributed by atoms with Crippen LogP contribution >= 0.6 is 11.8 Å². The molecule has 3 rings (SSSR count). The van der Waals surface area contributed by atoms with Gasteiger partial charge in [-0.2, -0.15) is 11.8 Å². The smallest absolute Gasteiger partial charge is 0.246 e. The van der Waals surface area contributed by atoms with Gasteiger partial charge in [0.25, 0.3) is 0 Å². The third-order valence-electron chi connectivity index (χ3n) is 5.51. The van der Waals surface area contributed by atoms with Crippen molar-refractivity contribution in [2.75, 3.05) is 32.5 Å². The largest absolute Gasteiger partial charge is 0.381 e. The normalized spacial score (nSPS) is 31.8. The molecule has 24 heavy (non-hydrogen) atoms. The molecule has 5 nitrogen and oxygen atoms in total. The van der Waals surface area contributed by atoms with Gasteiger partial charge in [0.05, 0.1) is 12.1 Å². The van der Waals surface area contributed by atoms with Crippen LogP contribution in [-0.4, -0.2) is 60.7 Å². The van der Waals surface area contributed by atoms with Gasteiger partial charge in [-0.3, -0.25) is 15.6 Å². The number of hydrogen-bond donors (Lipinski definition) is 2. The van der Waals surface area contributed by atoms with Gasteiger partial charge in [-0.05, 0) is 56.3 Å². The van der Waals surface area contributed by atoms with Gasteiger partial charge in [-0.25, -0.2) is 0 Å². The summed E-state index contributed by atoms with van der Waals surface area (Å²) in [6.45, 7) is 2.57. The highest BCUT2D eigenvalue weighted by Gasteiger charge is 2.29. The highest BCUT2D eigenvalue weighted by atomic mass is 32.2. The second-order valence-corrected chi connectivity index (χ2v) is 8.58. The Labute approximate surface area is 149 Å². The summed E-state index contributed by atoms with van der Waals surface area (Å²) in [5, 5.41) is 0.611. The number of rotatable bonds is 6. The molecule has 0 bridgehead atoms. The van der Waals surface area contributed by atoms with Gasteiger partial charge < -0.3 is 9.64 Å². The molecular formula is C18H31N3O2S. The first-order valence-electron chi connectivity index (χ1n) is 9.35. The SMILES string of the molecule is COC1CCC(/C=C/C(=O)N(CC2CCCS2)C2CNNC2)CC1. The third-order valence-corrected chi connectivity index (χ3v) is 6.89. The van der Waals surface area contributed by atoms with Crippen LogP contribution in [0.25, 0.3) is 0 Å². The third kappa shape index (κ3) is 4.97. The van der Waals surface area contributed by atoms with Gasteiger partial charge in [-0.1, -0.05) is 6.08 Å². The Kier molecular flexibility index (Phi) is 7.01. The van der Waals surface area contributed by atoms with Crippen molar-refractivity contribution in [1.82, 2.24) is 15.8 Å². The molecule has 1 unspecified atom stereocenters. The van der Waals surface area contributed by atoms with Crippen molar-refractivity contribution in [3.05, 3.63) is 12.2 Å². The molecule has 3 aliphatic rings. The number of methoxy groups -OCH3 is 1. The summed E-state index contributed by atoms with van der Waals surface area (Å²) in [5.41, 5.74) is 6.32. The highest BCUT2D eigenvalue weighted by molar-refractivity contribution is 8.00. The van der Waals surface area contributed by atoms with E-state index in [4.69, 9.17) is 4.74 Å². The van der Waals surface area contributed by atoms with Gasteiger partial charge in [0.1, 0.15) is 0 Å². The molecule has 2 N–H and O–H groups in total. The number of carbonyl (C=O) groups is 1. The monoisotopic (exact) mass is 353 g/mol. The Morgan fingerprint density at radius 2 is 1.96 bits per heavy atom. The predicted molar refractivity (Wildman–Crippen MR) is 98.9 cm³/mol. The number of ether oxygens (including phenoxy) is 1. The standard InChI is InChI=1S/C18H31N3O2S/c1-23-16-7-4-14(5-8-16)6-9-18(22)21(15-11-19-20-12-15)13-17-3-2-10-24-17/h6,9,14-17,19-20H,2-5,7-8,10-13H2,1H3/b9-6+. The minimum absolute atomic E-state index is 0.187. The van der Waals surface area contributed by atoms with Crippen molar-refractivity contribution in [2.24, 2.45) is 5.92 Å². The molecule has 2 saturated heterocycles. The van der Waals surface area contributed by atoms with Crippen LogP contribution in [0.4, 0.5) is 0 Å². The van der Waals surface area contributed by atoms with Crippen molar-refractivity contribution in [1.29, 1.82) is 0 Å². The summed E-state index contributed by atoms with van der Waals surface area (Å²) in [5.74, 6) is 1.96. The fraction of sp³-hybridized carbons (Fsp3) is 0.833. The van der Waals surface area contributed by atoms with E-state index < -0.39 is 0 Å². The molecule has 136 valence electrons. The first-order valence-corrected chi connectivity index (χ1v) is 10.4. The van der Waals surface area contributed by atoms with Crippen LogP contribution < -0.4 is 10.9 Å². The van der Waals surface area contributed by atoms with Crippen LogP contribution in [0.15, 0.2) is 12.2 Å². The molecule has 3 fully saturated rings. The van der Waals surface area contributed by atoms with E-state index in [9.17, 15) is 4.79 Å². The van der Waals surface area contributed by atoms with Gasteiger partial charge in [0.2, 0.25) is 5.91 Å². The van der Waals surface area contributed by atoms with E-state index in [1.54, 1.807) is 7.11 Å². The zero-order chi connectivity index (χ0) is 16.8. The van der Waals surface area contributed by atoms with E-state index in [2.05, 4.69) is 21.8 Å². The Bertz CT molecular complexity index is 426. The zero-order valence-corrected chi connectivity index (χ0v) is 15.5. The summed E-state index contributed by atoms with van der Waals surface area (Å²) in [4.78, 5) is 14.9. The van der Waals surface area contributed by atoms with Crippen LogP contribution in [0, 0.1) is 5.92 Å². The number of amides is 1. The molecule has 1 aliphatic carbocycles. The lowest BCUT2D eigenvalue weighted by Gasteiger charge is -2.30. The maximum absolute atomic E-state index is 12.8. The minimum Gasteiger partial charge on any atom is -0.381 e. The quantitative estimate of drug-likeness (QED) is 0.715. The number of allylic oxidation sites excluding steroid dienone is 1. The lowest BCUT2D eigenvalue weighted by Crippen LogP contribution is -2.45. The molecule has 1 amide bonds. The van der Waals surface area contributed by atoms with Crippen molar-refractivity contribution in [2.45, 2.75) is 55.9 Å². The summed E-state index contributed by atoms with van der Waals surface area (Å²) < 4.78 is 5.43. The molecule has 1 atom stereocenters. The van der Waals surface area contributed by atoms with Gasteiger partial charge in [-0.15, -0.1) is 0 Å². The number of thioether (sulfide) groups is 1. The van der Waals surface area contributed by atoms with E-state index in [0.29, 0.717) is 17.3 Å². The Morgan fingerprint density at radius 1 is 1.21 bits per heavy atom. The van der Waals surface area contributed by atoms with Crippen LogP contribution in [-0.2, 0) is 9.53 Å². The molecule has 2 heterocycles. The molecule has 0 aromatic carbocycles. The predicted octanol–water partition coefficient (Wildman–Crippen LogP) is 1.95. The first kappa shape index (κ1) is 18.2. The molecule has 1 saturated carbocycles. The lowest BCUT2D eigenvalue weighted by molar-refractivity contribution is -0.127. The fourth-order valence-corrected chi connectivity index (χ4v) is 5.20. The highest BCUT2D eigenvalue weighted by Crippen LogP contribution is 2.28. The van der Waals surface area contributed by atoms with Crippen LogP contribution in [0.3, 0.4) is 0 Å². The van der Waals surface area contributed by atoms with Crippen LogP contribution in [0.2, 0.25) is 0 Å². The topological polar surface area (TPSA) is 53.6 Å². The molecule has 0 spiro atoms. The summed E-state index contributed by atoms with van der Waals surface area (Å²) in [6, 6.07) is 0.271. The van der Waals surface area contributed by atoms with Gasteiger partial charge in [0, 0.05) is 32.0 Å². The molecule has 0 radical (unpaired) electrons. The van der Waals surface area contributed by atoms with E-state index in [-0.39, 0.29) is 11.9 Å². The zero-order valence-electron chi connectivity index (χ0n) is 14.7. The van der Waals surface area contributed by atoms with Crippen molar-refractivity contribution < 1.29 is 9.53 Å². The molecule has 0 aromatic rings. The number of nitrogens with zero attached hydrogens (tertiary/aromatic N) is 1. The molecule has 2 aliphatic heterocycles. The Morgan fingerprint density at radius 3 is 2.58 bits per heavy atom. The second-order valence-electron chi connectivity index (χ2n) is 7.17. The van der Waals surface area contributed by atoms with Crippen molar-refractivity contribution in [3.63, 3.8) is 0 Å². The minimum atomic E-state index is 0.187. The maximum atomic E-state index is 12.8. The molecule has 0 aromatic heterocycles. The molecular weight excluding hydrogens is 322 g/mol. The van der Waals surface area contributed by atoms with E-state index in [1.807, 2.05) is 17.8 Å². The molecule has 6 heteroatoms. The second kappa shape index (κ2) is 9.22. The number of nitrogens with one attached hydrogen (secondary N) is 2. The van der Waals surface area contributed by atoms with Crippen molar-refractivity contribution >= 4 is 17.7 Å². The van der Waals surface area contributed by atoms with Gasteiger partial charge in [0.15, 0.2) is 0 Å².